The van der Waals surface area contributed by atoms with Crippen LogP contribution in [0.15, 0.2) is 0 Å². The lowest BCUT2D eigenvalue weighted by molar-refractivity contribution is -0.175. The normalized spacial score (nSPS) is 15.5. The topological polar surface area (TPSA) is 83.8 Å². The second kappa shape index (κ2) is 2.66. The van der Waals surface area contributed by atoms with E-state index in [0.717, 1.165) is 14.0 Å². The number of ether oxygens (including phenoxy) is 1. The molecule has 10 heavy (non-hydrogen) atoms. The number of carbonyl (C=O) groups excluding carboxylic acids is 1. The Morgan fingerprint density at radius 3 is 2.00 bits per heavy atom. The maximum atomic E-state index is 10.4. The van der Waals surface area contributed by atoms with Gasteiger partial charge in [-0.15, -0.1) is 0 Å². The monoisotopic (exact) mass is 148 g/mol. The quantitative estimate of drug-likeness (QED) is 0.387. The fourth-order valence-electron chi connectivity index (χ4n) is 0.286. The Morgan fingerprint density at radius 1 is 1.50 bits per heavy atom. The van der Waals surface area contributed by atoms with E-state index in [2.05, 4.69) is 4.74 Å². The lowest BCUT2D eigenvalue weighted by Crippen LogP contribution is -2.44. The van der Waals surface area contributed by atoms with Crippen molar-refractivity contribution in [3.8, 4) is 0 Å². The Labute approximate surface area is 57.2 Å². The second-order valence-corrected chi connectivity index (χ2v) is 1.87. The molecule has 0 spiro atoms. The van der Waals surface area contributed by atoms with Gasteiger partial charge in [-0.25, -0.2) is 9.59 Å². The van der Waals surface area contributed by atoms with Gasteiger partial charge >= 0.3 is 11.9 Å². The van der Waals surface area contributed by atoms with Gasteiger partial charge in [-0.2, -0.15) is 0 Å². The molecule has 0 aromatic heterocycles. The van der Waals surface area contributed by atoms with Gasteiger partial charge in [0.25, 0.3) is 5.60 Å². The fraction of sp³-hybridized carbons (Fsp3) is 0.600. The van der Waals surface area contributed by atoms with E-state index in [1.54, 1.807) is 0 Å². The first-order chi connectivity index (χ1) is 4.42. The lowest BCUT2D eigenvalue weighted by Gasteiger charge is -2.13. The third kappa shape index (κ3) is 1.44. The highest BCUT2D eigenvalue weighted by Crippen LogP contribution is 2.04. The van der Waals surface area contributed by atoms with Gasteiger partial charge in [0.1, 0.15) is 0 Å². The number of carboxylic acid groups (broad SMARTS) is 1. The van der Waals surface area contributed by atoms with Crippen LogP contribution in [0.5, 0.6) is 0 Å². The Kier molecular flexibility index (Phi) is 2.36. The third-order valence-electron chi connectivity index (χ3n) is 0.999. The molecule has 0 aliphatic rings. The van der Waals surface area contributed by atoms with Crippen molar-refractivity contribution in [2.75, 3.05) is 7.11 Å². The molecular formula is C5H8O5. The highest BCUT2D eigenvalue weighted by Gasteiger charge is 2.40. The van der Waals surface area contributed by atoms with Crippen molar-refractivity contribution in [3.63, 3.8) is 0 Å². The Balaban J connectivity index is 4.40. The maximum Gasteiger partial charge on any atom is 0.349 e. The Hall–Kier alpha value is -1.10. The first kappa shape index (κ1) is 8.90. The average Bonchev–Trinajstić information content (AvgIpc) is 1.86. The Morgan fingerprint density at radius 2 is 1.90 bits per heavy atom. The van der Waals surface area contributed by atoms with Gasteiger partial charge < -0.3 is 14.9 Å². The number of esters is 1. The summed E-state index contributed by atoms with van der Waals surface area (Å²) in [4.78, 5) is 20.5. The van der Waals surface area contributed by atoms with Crippen LogP contribution < -0.4 is 0 Å². The minimum Gasteiger partial charge on any atom is -0.479 e. The largest absolute Gasteiger partial charge is 0.479 e. The van der Waals surface area contributed by atoms with Crippen molar-refractivity contribution in [1.82, 2.24) is 0 Å². The molecule has 0 saturated heterocycles. The second-order valence-electron chi connectivity index (χ2n) is 1.87. The van der Waals surface area contributed by atoms with Crippen molar-refractivity contribution >= 4 is 11.9 Å². The third-order valence-corrected chi connectivity index (χ3v) is 0.999. The number of carbonyl (C=O) groups is 2. The fourth-order valence-corrected chi connectivity index (χ4v) is 0.286. The average molecular weight is 148 g/mol. The molecule has 0 aromatic carbocycles. The van der Waals surface area contributed by atoms with Gasteiger partial charge in [-0.1, -0.05) is 0 Å². The molecule has 58 valence electrons. The van der Waals surface area contributed by atoms with Crippen LogP contribution in [0.4, 0.5) is 0 Å². The molecule has 0 aromatic rings. The van der Waals surface area contributed by atoms with Crippen molar-refractivity contribution < 1.29 is 24.5 Å². The minimum atomic E-state index is -2.44. The molecule has 1 unspecified atom stereocenters. The van der Waals surface area contributed by atoms with Gasteiger partial charge in [0.2, 0.25) is 0 Å². The van der Waals surface area contributed by atoms with Crippen molar-refractivity contribution in [2.24, 2.45) is 0 Å². The van der Waals surface area contributed by atoms with Crippen LogP contribution in [-0.4, -0.2) is 34.9 Å². The highest BCUT2D eigenvalue weighted by atomic mass is 16.5. The number of hydrogen-bond donors (Lipinski definition) is 2. The first-order valence-electron chi connectivity index (χ1n) is 2.47. The predicted octanol–water partition coefficient (Wildman–Crippen LogP) is -1.01. The maximum absolute atomic E-state index is 10.4. The molecule has 2 N–H and O–H groups in total. The molecule has 0 amide bonds. The number of methoxy groups -OCH3 is 1. The van der Waals surface area contributed by atoms with Crippen LogP contribution in [0.3, 0.4) is 0 Å². The summed E-state index contributed by atoms with van der Waals surface area (Å²) >= 11 is 0. The number of rotatable bonds is 2. The smallest absolute Gasteiger partial charge is 0.349 e. The van der Waals surface area contributed by atoms with E-state index in [9.17, 15) is 9.59 Å². The van der Waals surface area contributed by atoms with Gasteiger partial charge in [0.15, 0.2) is 0 Å². The van der Waals surface area contributed by atoms with Crippen LogP contribution >= 0.6 is 0 Å². The zero-order valence-electron chi connectivity index (χ0n) is 5.62. The van der Waals surface area contributed by atoms with Gasteiger partial charge in [0.05, 0.1) is 7.11 Å². The summed E-state index contributed by atoms with van der Waals surface area (Å²) in [5.41, 5.74) is -2.44. The van der Waals surface area contributed by atoms with E-state index in [4.69, 9.17) is 10.2 Å². The SMILES string of the molecule is COC(=O)C(C)(O)C(=O)O. The molecule has 5 nitrogen and oxygen atoms in total. The van der Waals surface area contributed by atoms with Crippen LogP contribution in [0.2, 0.25) is 0 Å². The van der Waals surface area contributed by atoms with Crippen molar-refractivity contribution in [2.45, 2.75) is 12.5 Å². The molecule has 0 heterocycles. The molecule has 0 bridgehead atoms. The van der Waals surface area contributed by atoms with Gasteiger partial charge in [-0.3, -0.25) is 0 Å². The zero-order chi connectivity index (χ0) is 8.36. The highest BCUT2D eigenvalue weighted by molar-refractivity contribution is 6.01. The molecule has 0 aliphatic heterocycles. The minimum absolute atomic E-state index is 0.848. The summed E-state index contributed by atoms with van der Waals surface area (Å²) in [5, 5.41) is 17.0. The molecule has 0 saturated carbocycles. The van der Waals surface area contributed by atoms with E-state index in [-0.39, 0.29) is 0 Å². The van der Waals surface area contributed by atoms with E-state index in [1.807, 2.05) is 0 Å². The molecular weight excluding hydrogens is 140 g/mol. The summed E-state index contributed by atoms with van der Waals surface area (Å²) in [7, 11) is 1.000. The van der Waals surface area contributed by atoms with Crippen LogP contribution in [0.25, 0.3) is 0 Å². The van der Waals surface area contributed by atoms with Crippen LogP contribution in [-0.2, 0) is 14.3 Å². The van der Waals surface area contributed by atoms with Gasteiger partial charge in [-0.05, 0) is 6.92 Å². The molecule has 0 fully saturated rings. The number of aliphatic hydroxyl groups is 1. The number of carboxylic acids is 1. The van der Waals surface area contributed by atoms with Crippen molar-refractivity contribution in [3.05, 3.63) is 0 Å². The molecule has 1 atom stereocenters. The van der Waals surface area contributed by atoms with Crippen molar-refractivity contribution in [1.29, 1.82) is 0 Å². The summed E-state index contributed by atoms with van der Waals surface area (Å²) in [6.07, 6.45) is 0. The van der Waals surface area contributed by atoms with E-state index in [0.29, 0.717) is 0 Å². The molecule has 5 heteroatoms. The number of hydrogen-bond acceptors (Lipinski definition) is 4. The summed E-state index contributed by atoms with van der Waals surface area (Å²) in [5.74, 6) is -2.81. The standard InChI is InChI=1S/C5H8O5/c1-5(9,3(6)7)4(8)10-2/h9H,1-2H3,(H,6,7). The summed E-state index contributed by atoms with van der Waals surface area (Å²) < 4.78 is 4.01. The van der Waals surface area contributed by atoms with E-state index >= 15 is 0 Å². The van der Waals surface area contributed by atoms with Gasteiger partial charge in [0, 0.05) is 0 Å². The molecule has 0 radical (unpaired) electrons. The Bertz CT molecular complexity index is 159. The van der Waals surface area contributed by atoms with Crippen LogP contribution in [0, 0.1) is 0 Å². The summed E-state index contributed by atoms with van der Waals surface area (Å²) in [6.45, 7) is 0.848. The molecule has 0 rings (SSSR count). The van der Waals surface area contributed by atoms with E-state index in [1.165, 1.54) is 0 Å². The number of aliphatic carboxylic acids is 1. The predicted molar refractivity (Wildman–Crippen MR) is 30.3 cm³/mol. The zero-order valence-corrected chi connectivity index (χ0v) is 5.62. The lowest BCUT2D eigenvalue weighted by atomic mass is 10.1. The summed E-state index contributed by atoms with van der Waals surface area (Å²) in [6, 6.07) is 0. The first-order valence-corrected chi connectivity index (χ1v) is 2.47. The molecule has 0 aliphatic carbocycles. The van der Waals surface area contributed by atoms with E-state index < -0.39 is 17.5 Å². The van der Waals surface area contributed by atoms with Crippen LogP contribution in [0.1, 0.15) is 6.92 Å².